The number of ether oxygens (including phenoxy) is 2. The number of carbonyl (C=O) groups is 1. The van der Waals surface area contributed by atoms with Gasteiger partial charge in [-0.05, 0) is 12.5 Å². The zero-order valence-corrected chi connectivity index (χ0v) is 14.4. The number of nitrogens with zero attached hydrogens (tertiary/aromatic N) is 4. The van der Waals surface area contributed by atoms with E-state index < -0.39 is 0 Å². The molecule has 1 saturated heterocycles. The van der Waals surface area contributed by atoms with Crippen molar-refractivity contribution in [2.24, 2.45) is 5.92 Å². The minimum absolute atomic E-state index is 0.00478. The summed E-state index contributed by atoms with van der Waals surface area (Å²) in [4.78, 5) is 24.8. The van der Waals surface area contributed by atoms with Crippen LogP contribution in [0.3, 0.4) is 0 Å². The summed E-state index contributed by atoms with van der Waals surface area (Å²) in [5.41, 5.74) is 0.792. The molecule has 0 spiro atoms. The molecule has 1 fully saturated rings. The second-order valence-corrected chi connectivity index (χ2v) is 6.09. The van der Waals surface area contributed by atoms with Crippen molar-refractivity contribution < 1.29 is 14.3 Å². The topological polar surface area (TPSA) is 67.8 Å². The minimum atomic E-state index is 0.00478. The first-order chi connectivity index (χ1) is 11.5. The summed E-state index contributed by atoms with van der Waals surface area (Å²) in [7, 11) is 6.79. The highest BCUT2D eigenvalue weighted by molar-refractivity contribution is 5.92. The van der Waals surface area contributed by atoms with E-state index in [1.54, 1.807) is 39.5 Å². The zero-order valence-electron chi connectivity index (χ0n) is 14.4. The Morgan fingerprint density at radius 3 is 2.58 bits per heavy atom. The molecule has 0 bridgehead atoms. The van der Waals surface area contributed by atoms with Crippen LogP contribution in [0.1, 0.15) is 6.42 Å². The van der Waals surface area contributed by atoms with Crippen molar-refractivity contribution in [3.05, 3.63) is 18.5 Å². The Morgan fingerprint density at radius 2 is 1.92 bits per heavy atom. The predicted molar refractivity (Wildman–Crippen MR) is 91.7 cm³/mol. The lowest BCUT2D eigenvalue weighted by molar-refractivity contribution is -0.132. The van der Waals surface area contributed by atoms with E-state index in [-0.39, 0.29) is 11.8 Å². The van der Waals surface area contributed by atoms with Gasteiger partial charge in [0, 0.05) is 38.6 Å². The summed E-state index contributed by atoms with van der Waals surface area (Å²) in [6.07, 6.45) is 2.38. The van der Waals surface area contributed by atoms with E-state index in [0.29, 0.717) is 18.0 Å². The number of benzene rings is 1. The molecule has 1 atom stereocenters. The maximum atomic E-state index is 12.2. The Hall–Kier alpha value is -2.57. The molecule has 2 heterocycles. The maximum absolute atomic E-state index is 12.2. The lowest BCUT2D eigenvalue weighted by Crippen LogP contribution is -2.32. The van der Waals surface area contributed by atoms with Crippen LogP contribution in [-0.4, -0.2) is 62.2 Å². The predicted octanol–water partition coefficient (Wildman–Crippen LogP) is 1.56. The summed E-state index contributed by atoms with van der Waals surface area (Å²) >= 11 is 0. The van der Waals surface area contributed by atoms with Gasteiger partial charge in [-0.1, -0.05) is 0 Å². The molecule has 2 aromatic rings. The third-order valence-corrected chi connectivity index (χ3v) is 4.40. The number of hydrogen-bond acceptors (Lipinski definition) is 6. The van der Waals surface area contributed by atoms with Gasteiger partial charge < -0.3 is 19.3 Å². The quantitative estimate of drug-likeness (QED) is 0.847. The molecule has 1 aromatic carbocycles. The summed E-state index contributed by atoms with van der Waals surface area (Å²) in [5, 5.41) is 0.896. The molecular weight excluding hydrogens is 308 g/mol. The fourth-order valence-corrected chi connectivity index (χ4v) is 3.14. The van der Waals surface area contributed by atoms with Gasteiger partial charge in [0.1, 0.15) is 12.1 Å². The zero-order chi connectivity index (χ0) is 17.3. The van der Waals surface area contributed by atoms with Crippen molar-refractivity contribution in [1.29, 1.82) is 0 Å². The molecule has 0 radical (unpaired) electrons. The normalized spacial score (nSPS) is 17.2. The Kier molecular flexibility index (Phi) is 4.42. The van der Waals surface area contributed by atoms with E-state index in [0.717, 1.165) is 29.7 Å². The van der Waals surface area contributed by atoms with Crippen molar-refractivity contribution in [3.63, 3.8) is 0 Å². The SMILES string of the molecule is COc1cc2ncnc(N3CCC(C(=O)N(C)C)C3)c2cc1OC. The number of anilines is 1. The molecular formula is C17H22N4O3. The van der Waals surface area contributed by atoms with Crippen LogP contribution in [0.4, 0.5) is 5.82 Å². The first-order valence-corrected chi connectivity index (χ1v) is 7.88. The first-order valence-electron chi connectivity index (χ1n) is 7.88. The van der Waals surface area contributed by atoms with Gasteiger partial charge in [0.25, 0.3) is 0 Å². The molecule has 1 aliphatic heterocycles. The maximum Gasteiger partial charge on any atom is 0.227 e. The molecule has 1 unspecified atom stereocenters. The average molecular weight is 330 g/mol. The van der Waals surface area contributed by atoms with Crippen molar-refractivity contribution in [2.45, 2.75) is 6.42 Å². The number of rotatable bonds is 4. The van der Waals surface area contributed by atoms with Gasteiger partial charge in [-0.2, -0.15) is 0 Å². The highest BCUT2D eigenvalue weighted by atomic mass is 16.5. The van der Waals surface area contributed by atoms with Crippen LogP contribution in [0.5, 0.6) is 11.5 Å². The molecule has 1 amide bonds. The number of hydrogen-bond donors (Lipinski definition) is 0. The lowest BCUT2D eigenvalue weighted by Gasteiger charge is -2.20. The molecule has 24 heavy (non-hydrogen) atoms. The number of fused-ring (bicyclic) bond motifs is 1. The van der Waals surface area contributed by atoms with Crippen LogP contribution in [0.2, 0.25) is 0 Å². The third kappa shape index (κ3) is 2.81. The smallest absolute Gasteiger partial charge is 0.227 e. The number of amides is 1. The number of carbonyl (C=O) groups excluding carboxylic acids is 1. The van der Waals surface area contributed by atoms with Gasteiger partial charge >= 0.3 is 0 Å². The average Bonchev–Trinajstić information content (AvgIpc) is 3.08. The Balaban J connectivity index is 1.97. The summed E-state index contributed by atoms with van der Waals surface area (Å²) in [6, 6.07) is 3.74. The molecule has 7 heteroatoms. The molecule has 1 aromatic heterocycles. The van der Waals surface area contributed by atoms with Gasteiger partial charge in [-0.3, -0.25) is 4.79 Å². The van der Waals surface area contributed by atoms with Crippen molar-refractivity contribution >= 4 is 22.6 Å². The van der Waals surface area contributed by atoms with Crippen LogP contribution in [0.25, 0.3) is 10.9 Å². The number of methoxy groups -OCH3 is 2. The molecule has 7 nitrogen and oxygen atoms in total. The van der Waals surface area contributed by atoms with E-state index >= 15 is 0 Å². The van der Waals surface area contributed by atoms with Gasteiger partial charge in [-0.25, -0.2) is 9.97 Å². The molecule has 1 aliphatic rings. The van der Waals surface area contributed by atoms with Crippen LogP contribution < -0.4 is 14.4 Å². The van der Waals surface area contributed by atoms with E-state index in [9.17, 15) is 4.79 Å². The van der Waals surface area contributed by atoms with Crippen LogP contribution in [-0.2, 0) is 4.79 Å². The van der Waals surface area contributed by atoms with E-state index in [4.69, 9.17) is 9.47 Å². The molecule has 0 N–H and O–H groups in total. The molecule has 0 aliphatic carbocycles. The van der Waals surface area contributed by atoms with Gasteiger partial charge in [0.05, 0.1) is 25.7 Å². The van der Waals surface area contributed by atoms with Crippen molar-refractivity contribution in [3.8, 4) is 11.5 Å². The Labute approximate surface area is 141 Å². The largest absolute Gasteiger partial charge is 0.493 e. The number of aromatic nitrogens is 2. The standard InChI is InChI=1S/C17H22N4O3/c1-20(2)17(22)11-5-6-21(9-11)16-12-7-14(23-3)15(24-4)8-13(12)18-10-19-16/h7-8,10-11H,5-6,9H2,1-4H3. The van der Waals surface area contributed by atoms with Crippen molar-refractivity contribution in [2.75, 3.05) is 46.3 Å². The highest BCUT2D eigenvalue weighted by Crippen LogP contribution is 2.36. The molecule has 0 saturated carbocycles. The van der Waals surface area contributed by atoms with E-state index in [1.165, 1.54) is 0 Å². The Bertz CT molecular complexity index is 763. The molecule has 3 rings (SSSR count). The Morgan fingerprint density at radius 1 is 1.21 bits per heavy atom. The second kappa shape index (κ2) is 6.51. The van der Waals surface area contributed by atoms with Gasteiger partial charge in [0.2, 0.25) is 5.91 Å². The minimum Gasteiger partial charge on any atom is -0.493 e. The summed E-state index contributed by atoms with van der Waals surface area (Å²) in [5.74, 6) is 2.27. The van der Waals surface area contributed by atoms with Gasteiger partial charge in [0.15, 0.2) is 11.5 Å². The summed E-state index contributed by atoms with van der Waals surface area (Å²) in [6.45, 7) is 1.46. The van der Waals surface area contributed by atoms with E-state index in [2.05, 4.69) is 14.9 Å². The van der Waals surface area contributed by atoms with Crippen LogP contribution in [0.15, 0.2) is 18.5 Å². The van der Waals surface area contributed by atoms with Crippen molar-refractivity contribution in [1.82, 2.24) is 14.9 Å². The van der Waals surface area contributed by atoms with Gasteiger partial charge in [-0.15, -0.1) is 0 Å². The fraction of sp³-hybridized carbons (Fsp3) is 0.471. The molecule has 128 valence electrons. The van der Waals surface area contributed by atoms with Crippen LogP contribution >= 0.6 is 0 Å². The van der Waals surface area contributed by atoms with E-state index in [1.807, 2.05) is 12.1 Å². The third-order valence-electron chi connectivity index (χ3n) is 4.40. The summed E-state index contributed by atoms with van der Waals surface area (Å²) < 4.78 is 10.7. The highest BCUT2D eigenvalue weighted by Gasteiger charge is 2.31. The fourth-order valence-electron chi connectivity index (χ4n) is 3.14. The van der Waals surface area contributed by atoms with Crippen LogP contribution in [0, 0.1) is 5.92 Å². The lowest BCUT2D eigenvalue weighted by atomic mass is 10.1. The first kappa shape index (κ1) is 16.3. The second-order valence-electron chi connectivity index (χ2n) is 6.09. The monoisotopic (exact) mass is 330 g/mol.